The number of carbonyl (C=O) groups is 1. The van der Waals surface area contributed by atoms with Crippen LogP contribution in [0.2, 0.25) is 0 Å². The number of H-pyrrole nitrogens is 1. The monoisotopic (exact) mass is 395 g/mol. The predicted molar refractivity (Wildman–Crippen MR) is 104 cm³/mol. The fourth-order valence-electron chi connectivity index (χ4n) is 3.31. The van der Waals surface area contributed by atoms with Gasteiger partial charge in [-0.2, -0.15) is 5.10 Å². The first-order valence-electron chi connectivity index (χ1n) is 9.25. The largest absolute Gasteiger partial charge is 0.383 e. The molecule has 4 rings (SSSR count). The molecule has 0 aliphatic carbocycles. The van der Waals surface area contributed by atoms with Crippen LogP contribution in [0.3, 0.4) is 0 Å². The third kappa shape index (κ3) is 3.96. The van der Waals surface area contributed by atoms with Gasteiger partial charge in [-0.25, -0.2) is 9.67 Å². The number of nitrogens with one attached hydrogen (secondary N) is 2. The molecule has 29 heavy (non-hydrogen) atoms. The molecule has 9 heteroatoms. The van der Waals surface area contributed by atoms with E-state index in [2.05, 4.69) is 20.4 Å². The van der Waals surface area contributed by atoms with Crippen molar-refractivity contribution in [2.24, 2.45) is 0 Å². The molecule has 9 nitrogen and oxygen atoms in total. The van der Waals surface area contributed by atoms with E-state index < -0.39 is 12.1 Å². The van der Waals surface area contributed by atoms with Gasteiger partial charge in [-0.3, -0.25) is 9.59 Å². The van der Waals surface area contributed by atoms with Crippen LogP contribution in [0.25, 0.3) is 11.4 Å². The molecule has 2 atom stereocenters. The third-order valence-electron chi connectivity index (χ3n) is 4.69. The molecule has 1 aliphatic heterocycles. The molecule has 150 valence electrons. The summed E-state index contributed by atoms with van der Waals surface area (Å²) in [6.07, 6.45) is 0.996. The highest BCUT2D eigenvalue weighted by atomic mass is 16.5. The summed E-state index contributed by atoms with van der Waals surface area (Å²) in [5.74, 6) is 0.622. The third-order valence-corrected chi connectivity index (χ3v) is 4.69. The maximum absolute atomic E-state index is 12.2. The fourth-order valence-corrected chi connectivity index (χ4v) is 3.31. The number of aromatic amines is 1. The van der Waals surface area contributed by atoms with E-state index in [0.717, 1.165) is 5.56 Å². The molecule has 1 aliphatic rings. The van der Waals surface area contributed by atoms with E-state index in [1.54, 1.807) is 30.1 Å². The number of hydrogen-bond acceptors (Lipinski definition) is 6. The Bertz CT molecular complexity index is 1050. The molecule has 0 spiro atoms. The Hall–Kier alpha value is -3.30. The van der Waals surface area contributed by atoms with Crippen LogP contribution in [0, 0.1) is 0 Å². The standard InChI is InChI=1S/C20H21N5O4/c1-28-11-10-25-19(23-18(24-25)14-8-5-9-21-20(14)27)17-16(22-15(26)12-29-17)13-6-3-2-4-7-13/h2-9,16-17H,10-12H2,1H3,(H,21,27)(H,22,26)/t16-,17+/m1/s1. The van der Waals surface area contributed by atoms with Gasteiger partial charge in [-0.05, 0) is 17.7 Å². The van der Waals surface area contributed by atoms with Crippen LogP contribution in [0.15, 0.2) is 53.5 Å². The summed E-state index contributed by atoms with van der Waals surface area (Å²) in [7, 11) is 1.60. The minimum absolute atomic E-state index is 0.0770. The predicted octanol–water partition coefficient (Wildman–Crippen LogP) is 1.21. The molecule has 1 aromatic carbocycles. The second kappa shape index (κ2) is 8.38. The average molecular weight is 395 g/mol. The molecule has 1 fully saturated rings. The van der Waals surface area contributed by atoms with E-state index in [-0.39, 0.29) is 18.1 Å². The van der Waals surface area contributed by atoms with Crippen molar-refractivity contribution in [2.75, 3.05) is 20.3 Å². The summed E-state index contributed by atoms with van der Waals surface area (Å²) >= 11 is 0. The highest BCUT2D eigenvalue weighted by molar-refractivity contribution is 5.78. The Morgan fingerprint density at radius 3 is 2.79 bits per heavy atom. The van der Waals surface area contributed by atoms with Crippen molar-refractivity contribution in [1.29, 1.82) is 0 Å². The summed E-state index contributed by atoms with van der Waals surface area (Å²) in [6.45, 7) is 0.765. The van der Waals surface area contributed by atoms with Crippen LogP contribution in [-0.2, 0) is 20.8 Å². The Balaban J connectivity index is 1.78. The van der Waals surface area contributed by atoms with Crippen molar-refractivity contribution in [3.63, 3.8) is 0 Å². The molecule has 3 aromatic rings. The number of amides is 1. The number of hydrogen-bond donors (Lipinski definition) is 2. The molecule has 3 heterocycles. The number of pyridine rings is 1. The van der Waals surface area contributed by atoms with E-state index in [1.807, 2.05) is 30.3 Å². The number of morpholine rings is 1. The Labute approximate surface area is 166 Å². The molecular weight excluding hydrogens is 374 g/mol. The summed E-state index contributed by atoms with van der Waals surface area (Å²) in [6, 6.07) is 12.5. The number of aromatic nitrogens is 4. The summed E-state index contributed by atoms with van der Waals surface area (Å²) < 4.78 is 12.7. The summed E-state index contributed by atoms with van der Waals surface area (Å²) in [5, 5.41) is 7.49. The first kappa shape index (κ1) is 19.0. The van der Waals surface area contributed by atoms with Crippen LogP contribution >= 0.6 is 0 Å². The van der Waals surface area contributed by atoms with Crippen molar-refractivity contribution >= 4 is 5.91 Å². The maximum atomic E-state index is 12.2. The van der Waals surface area contributed by atoms with Crippen LogP contribution in [0.1, 0.15) is 23.5 Å². The van der Waals surface area contributed by atoms with Gasteiger partial charge >= 0.3 is 0 Å². The zero-order chi connectivity index (χ0) is 20.2. The van der Waals surface area contributed by atoms with Gasteiger partial charge in [0.1, 0.15) is 12.7 Å². The van der Waals surface area contributed by atoms with Gasteiger partial charge in [-0.1, -0.05) is 30.3 Å². The number of rotatable bonds is 6. The van der Waals surface area contributed by atoms with E-state index in [4.69, 9.17) is 9.47 Å². The summed E-state index contributed by atoms with van der Waals surface area (Å²) in [5.41, 5.74) is 0.979. The molecular formula is C20H21N5O4. The lowest BCUT2D eigenvalue weighted by atomic mass is 9.99. The average Bonchev–Trinajstić information content (AvgIpc) is 3.17. The minimum Gasteiger partial charge on any atom is -0.383 e. The first-order valence-corrected chi connectivity index (χ1v) is 9.25. The fraction of sp³-hybridized carbons (Fsp3) is 0.300. The van der Waals surface area contributed by atoms with E-state index in [1.165, 1.54) is 0 Å². The van der Waals surface area contributed by atoms with Gasteiger partial charge in [0.2, 0.25) is 5.91 Å². The quantitative estimate of drug-likeness (QED) is 0.649. The number of nitrogens with zero attached hydrogens (tertiary/aromatic N) is 3. The van der Waals surface area contributed by atoms with Gasteiger partial charge in [0.15, 0.2) is 11.6 Å². The van der Waals surface area contributed by atoms with Crippen molar-refractivity contribution in [3.8, 4) is 11.4 Å². The van der Waals surface area contributed by atoms with E-state index >= 15 is 0 Å². The second-order valence-electron chi connectivity index (χ2n) is 6.61. The van der Waals surface area contributed by atoms with Crippen LogP contribution in [0.5, 0.6) is 0 Å². The van der Waals surface area contributed by atoms with Gasteiger partial charge < -0.3 is 19.8 Å². The zero-order valence-electron chi connectivity index (χ0n) is 15.9. The van der Waals surface area contributed by atoms with Gasteiger partial charge in [0, 0.05) is 13.3 Å². The van der Waals surface area contributed by atoms with Crippen molar-refractivity contribution in [3.05, 3.63) is 70.4 Å². The van der Waals surface area contributed by atoms with Gasteiger partial charge in [0.05, 0.1) is 24.8 Å². The highest BCUT2D eigenvalue weighted by Crippen LogP contribution is 2.34. The SMILES string of the molecule is COCCn1nc(-c2ccc[nH]c2=O)nc1[C@H]1OCC(=O)N[C@@H]1c1ccccc1. The van der Waals surface area contributed by atoms with Crippen molar-refractivity contribution in [1.82, 2.24) is 25.1 Å². The number of benzene rings is 1. The molecule has 2 aromatic heterocycles. The summed E-state index contributed by atoms with van der Waals surface area (Å²) in [4.78, 5) is 31.5. The Morgan fingerprint density at radius 1 is 1.21 bits per heavy atom. The van der Waals surface area contributed by atoms with Crippen molar-refractivity contribution in [2.45, 2.75) is 18.7 Å². The smallest absolute Gasteiger partial charge is 0.259 e. The zero-order valence-corrected chi connectivity index (χ0v) is 15.9. The number of methoxy groups -OCH3 is 1. The maximum Gasteiger partial charge on any atom is 0.259 e. The van der Waals surface area contributed by atoms with E-state index in [9.17, 15) is 9.59 Å². The van der Waals surface area contributed by atoms with Gasteiger partial charge in [0.25, 0.3) is 5.56 Å². The molecule has 2 N–H and O–H groups in total. The van der Waals surface area contributed by atoms with Crippen LogP contribution < -0.4 is 10.9 Å². The number of carbonyl (C=O) groups excluding carboxylic acids is 1. The van der Waals surface area contributed by atoms with Crippen molar-refractivity contribution < 1.29 is 14.3 Å². The Kier molecular flexibility index (Phi) is 5.50. The lowest BCUT2D eigenvalue weighted by Crippen LogP contribution is -2.42. The minimum atomic E-state index is -0.559. The molecule has 0 radical (unpaired) electrons. The molecule has 1 saturated heterocycles. The first-order chi connectivity index (χ1) is 14.2. The normalized spacial score (nSPS) is 19.1. The van der Waals surface area contributed by atoms with Crippen LogP contribution in [-0.4, -0.2) is 46.0 Å². The second-order valence-corrected chi connectivity index (χ2v) is 6.61. The lowest BCUT2D eigenvalue weighted by Gasteiger charge is -2.32. The lowest BCUT2D eigenvalue weighted by molar-refractivity contribution is -0.138. The highest BCUT2D eigenvalue weighted by Gasteiger charge is 2.36. The van der Waals surface area contributed by atoms with Crippen LogP contribution in [0.4, 0.5) is 0 Å². The molecule has 0 unspecified atom stereocenters. The Morgan fingerprint density at radius 2 is 2.03 bits per heavy atom. The topological polar surface area (TPSA) is 111 Å². The molecule has 1 amide bonds. The van der Waals surface area contributed by atoms with E-state index in [0.29, 0.717) is 30.4 Å². The van der Waals surface area contributed by atoms with Gasteiger partial charge in [-0.15, -0.1) is 0 Å². The number of ether oxygens (including phenoxy) is 2. The molecule has 0 saturated carbocycles. The molecule has 0 bridgehead atoms.